The van der Waals surface area contributed by atoms with Crippen molar-refractivity contribution in [3.8, 4) is 6.07 Å². The van der Waals surface area contributed by atoms with Crippen LogP contribution < -0.4 is 10.2 Å². The molecule has 1 atom stereocenters. The molecule has 0 spiro atoms. The number of nitrogens with one attached hydrogen (secondary N) is 1. The lowest BCUT2D eigenvalue weighted by Gasteiger charge is -2.37. The summed E-state index contributed by atoms with van der Waals surface area (Å²) in [6.07, 6.45) is 4.05. The summed E-state index contributed by atoms with van der Waals surface area (Å²) in [5, 5.41) is 12.0. The van der Waals surface area contributed by atoms with E-state index in [9.17, 15) is 13.2 Å². The Bertz CT molecular complexity index is 994. The van der Waals surface area contributed by atoms with Gasteiger partial charge >= 0.3 is 6.18 Å². The van der Waals surface area contributed by atoms with Crippen molar-refractivity contribution in [3.63, 3.8) is 0 Å². The number of benzene rings is 1. The largest absolute Gasteiger partial charge is 0.416 e. The van der Waals surface area contributed by atoms with Gasteiger partial charge in [-0.15, -0.1) is 0 Å². The van der Waals surface area contributed by atoms with E-state index >= 15 is 4.39 Å². The Morgan fingerprint density at radius 1 is 1.00 bits per heavy atom. The number of nitrogens with zero attached hydrogens (tertiary/aromatic N) is 4. The maximum Gasteiger partial charge on any atom is 0.416 e. The molecule has 0 bridgehead atoms. The van der Waals surface area contributed by atoms with Crippen LogP contribution in [0.1, 0.15) is 68.5 Å². The van der Waals surface area contributed by atoms with Crippen LogP contribution in [-0.2, 0) is 6.18 Å². The van der Waals surface area contributed by atoms with Crippen molar-refractivity contribution >= 4 is 11.6 Å². The molecule has 5 nitrogen and oxygen atoms in total. The lowest BCUT2D eigenvalue weighted by Crippen LogP contribution is -2.35. The molecule has 1 aromatic heterocycles. The Morgan fingerprint density at radius 2 is 1.71 bits per heavy atom. The van der Waals surface area contributed by atoms with E-state index < -0.39 is 17.6 Å². The van der Waals surface area contributed by atoms with Crippen LogP contribution in [0, 0.1) is 29.0 Å². The maximum absolute atomic E-state index is 15.5. The lowest BCUT2D eigenvalue weighted by molar-refractivity contribution is -0.137. The number of piperidine rings is 1. The van der Waals surface area contributed by atoms with E-state index in [4.69, 9.17) is 5.26 Å². The summed E-state index contributed by atoms with van der Waals surface area (Å²) in [4.78, 5) is 10.2. The molecule has 0 amide bonds. The normalized spacial score (nSPS) is 23.4. The molecule has 1 aliphatic carbocycles. The zero-order valence-corrected chi connectivity index (χ0v) is 19.0. The van der Waals surface area contributed by atoms with Crippen LogP contribution in [0.4, 0.5) is 29.2 Å². The van der Waals surface area contributed by atoms with Gasteiger partial charge in [-0.1, -0.05) is 12.1 Å². The molecule has 1 saturated carbocycles. The van der Waals surface area contributed by atoms with E-state index in [0.717, 1.165) is 50.7 Å². The SMILES string of the molecule is N#CCC1CCC(CNc2ncnc(N3CCCCC3c3ccc(C(F)(F)F)cc3)c2F)CC1. The number of hydrogen-bond donors (Lipinski definition) is 1. The number of anilines is 2. The van der Waals surface area contributed by atoms with E-state index in [0.29, 0.717) is 43.3 Å². The van der Waals surface area contributed by atoms with Crippen LogP contribution in [0.2, 0.25) is 0 Å². The topological polar surface area (TPSA) is 64.8 Å². The van der Waals surface area contributed by atoms with Gasteiger partial charge in [0.25, 0.3) is 0 Å². The molecular weight excluding hydrogens is 446 g/mol. The van der Waals surface area contributed by atoms with E-state index in [1.807, 2.05) is 4.90 Å². The minimum atomic E-state index is -4.39. The van der Waals surface area contributed by atoms with Gasteiger partial charge < -0.3 is 10.2 Å². The van der Waals surface area contributed by atoms with Crippen molar-refractivity contribution in [1.82, 2.24) is 9.97 Å². The van der Waals surface area contributed by atoms with Crippen LogP contribution in [0.3, 0.4) is 0 Å². The molecule has 2 aliphatic rings. The van der Waals surface area contributed by atoms with Crippen molar-refractivity contribution in [3.05, 3.63) is 47.5 Å². The van der Waals surface area contributed by atoms with Crippen molar-refractivity contribution in [1.29, 1.82) is 5.26 Å². The molecule has 182 valence electrons. The molecule has 9 heteroatoms. The summed E-state index contributed by atoms with van der Waals surface area (Å²) in [6, 6.07) is 7.11. The number of halogens is 4. The predicted octanol–water partition coefficient (Wildman–Crippen LogP) is 6.50. The van der Waals surface area contributed by atoms with Gasteiger partial charge in [0.15, 0.2) is 11.6 Å². The number of hydrogen-bond acceptors (Lipinski definition) is 5. The van der Waals surface area contributed by atoms with Crippen molar-refractivity contribution in [2.45, 2.75) is 63.6 Å². The minimum Gasteiger partial charge on any atom is -0.367 e. The average molecular weight is 476 g/mol. The molecule has 1 N–H and O–H groups in total. The summed E-state index contributed by atoms with van der Waals surface area (Å²) in [7, 11) is 0. The van der Waals surface area contributed by atoms with Gasteiger partial charge in [0.2, 0.25) is 5.82 Å². The van der Waals surface area contributed by atoms with E-state index in [2.05, 4.69) is 21.4 Å². The Morgan fingerprint density at radius 3 is 2.38 bits per heavy atom. The number of alkyl halides is 3. The van der Waals surface area contributed by atoms with Crippen molar-refractivity contribution < 1.29 is 17.6 Å². The first-order valence-electron chi connectivity index (χ1n) is 11.9. The van der Waals surface area contributed by atoms with Crippen LogP contribution in [0.15, 0.2) is 30.6 Å². The van der Waals surface area contributed by atoms with Gasteiger partial charge in [0, 0.05) is 19.5 Å². The Kier molecular flexibility index (Phi) is 7.54. The predicted molar refractivity (Wildman–Crippen MR) is 122 cm³/mol. The summed E-state index contributed by atoms with van der Waals surface area (Å²) < 4.78 is 54.4. The summed E-state index contributed by atoms with van der Waals surface area (Å²) in [5.41, 5.74) is 0.0225. The average Bonchev–Trinajstić information content (AvgIpc) is 2.84. The highest BCUT2D eigenvalue weighted by molar-refractivity contribution is 5.53. The molecule has 34 heavy (non-hydrogen) atoms. The zero-order valence-electron chi connectivity index (χ0n) is 19.0. The van der Waals surface area contributed by atoms with Gasteiger partial charge in [-0.3, -0.25) is 0 Å². The highest BCUT2D eigenvalue weighted by Gasteiger charge is 2.32. The van der Waals surface area contributed by atoms with Gasteiger partial charge in [0.05, 0.1) is 17.7 Å². The summed E-state index contributed by atoms with van der Waals surface area (Å²) in [5.74, 6) is 0.674. The molecule has 4 rings (SSSR count). The molecule has 1 saturated heterocycles. The van der Waals surface area contributed by atoms with Crippen molar-refractivity contribution in [2.24, 2.45) is 11.8 Å². The first-order valence-corrected chi connectivity index (χ1v) is 11.9. The minimum absolute atomic E-state index is 0.154. The molecule has 2 fully saturated rings. The van der Waals surface area contributed by atoms with Crippen LogP contribution in [-0.4, -0.2) is 23.1 Å². The number of rotatable bonds is 6. The van der Waals surface area contributed by atoms with Crippen LogP contribution in [0.25, 0.3) is 0 Å². The van der Waals surface area contributed by atoms with Gasteiger partial charge in [-0.25, -0.2) is 9.97 Å². The molecule has 1 aliphatic heterocycles. The van der Waals surface area contributed by atoms with Crippen molar-refractivity contribution in [2.75, 3.05) is 23.3 Å². The Labute approximate surface area is 197 Å². The first kappa shape index (κ1) is 24.2. The fourth-order valence-corrected chi connectivity index (χ4v) is 5.12. The number of nitriles is 1. The summed E-state index contributed by atoms with van der Waals surface area (Å²) >= 11 is 0. The van der Waals surface area contributed by atoms with Gasteiger partial charge in [-0.2, -0.15) is 22.8 Å². The third-order valence-electron chi connectivity index (χ3n) is 7.07. The second-order valence-corrected chi connectivity index (χ2v) is 9.31. The highest BCUT2D eigenvalue weighted by Crippen LogP contribution is 2.38. The van der Waals surface area contributed by atoms with Gasteiger partial charge in [-0.05, 0) is 74.5 Å². The summed E-state index contributed by atoms with van der Waals surface area (Å²) in [6.45, 7) is 1.18. The number of aromatic nitrogens is 2. The molecule has 2 aromatic rings. The second-order valence-electron chi connectivity index (χ2n) is 9.31. The standard InChI is InChI=1S/C25H29F4N5/c26-22-23(31-15-18-6-4-17(5-7-18)12-13-30)32-16-33-24(22)34-14-2-1-3-21(34)19-8-10-20(11-9-19)25(27,28)29/h8-11,16-18,21H,1-7,12,14-15H2,(H,31,32,33). The quantitative estimate of drug-likeness (QED) is 0.483. The second kappa shape index (κ2) is 10.6. The lowest BCUT2D eigenvalue weighted by atomic mass is 9.81. The molecule has 1 unspecified atom stereocenters. The maximum atomic E-state index is 15.5. The van der Waals surface area contributed by atoms with E-state index in [-0.39, 0.29) is 17.7 Å². The van der Waals surface area contributed by atoms with E-state index in [1.165, 1.54) is 18.5 Å². The Hall–Kier alpha value is -2.89. The molecule has 2 heterocycles. The smallest absolute Gasteiger partial charge is 0.367 e. The highest BCUT2D eigenvalue weighted by atomic mass is 19.4. The zero-order chi connectivity index (χ0) is 24.1. The fourth-order valence-electron chi connectivity index (χ4n) is 5.12. The molecular formula is C25H29F4N5. The monoisotopic (exact) mass is 475 g/mol. The Balaban J connectivity index is 1.46. The third-order valence-corrected chi connectivity index (χ3v) is 7.07. The molecule has 0 radical (unpaired) electrons. The van der Waals surface area contributed by atoms with Crippen LogP contribution in [0.5, 0.6) is 0 Å². The first-order chi connectivity index (χ1) is 16.4. The van der Waals surface area contributed by atoms with E-state index in [1.54, 1.807) is 0 Å². The fraction of sp³-hybridized carbons (Fsp3) is 0.560. The van der Waals surface area contributed by atoms with Crippen LogP contribution >= 0.6 is 0 Å². The van der Waals surface area contributed by atoms with Gasteiger partial charge in [0.1, 0.15) is 6.33 Å². The molecule has 1 aromatic carbocycles. The third kappa shape index (κ3) is 5.60.